The number of benzene rings is 1. The van der Waals surface area contributed by atoms with E-state index in [-0.39, 0.29) is 0 Å². The van der Waals surface area contributed by atoms with E-state index in [2.05, 4.69) is 56.1 Å². The van der Waals surface area contributed by atoms with Crippen LogP contribution < -0.4 is 10.2 Å². The molecule has 0 aliphatic carbocycles. The Morgan fingerprint density at radius 1 is 1.06 bits per heavy atom. The Labute approximate surface area is 105 Å². The van der Waals surface area contributed by atoms with Crippen LogP contribution in [0.4, 0.5) is 5.69 Å². The molecule has 1 aliphatic heterocycles. The van der Waals surface area contributed by atoms with Crippen molar-refractivity contribution in [3.05, 3.63) is 29.3 Å². The molecule has 1 aromatic rings. The van der Waals surface area contributed by atoms with Crippen LogP contribution in [0.1, 0.15) is 50.7 Å². The standard InChI is InChI=1S/C15H24N2/c1-11(2)13-6-5-7-14(12(3)4)15(13)17-9-8-16-10-17/h5-7,11-12,16H,8-10H2,1-4H3. The van der Waals surface area contributed by atoms with Crippen molar-refractivity contribution < 1.29 is 0 Å². The van der Waals surface area contributed by atoms with Gasteiger partial charge in [0, 0.05) is 18.8 Å². The van der Waals surface area contributed by atoms with Gasteiger partial charge < -0.3 is 4.90 Å². The van der Waals surface area contributed by atoms with E-state index in [1.165, 1.54) is 16.8 Å². The number of hydrogen-bond acceptors (Lipinski definition) is 2. The van der Waals surface area contributed by atoms with Crippen LogP contribution in [-0.2, 0) is 0 Å². The van der Waals surface area contributed by atoms with Crippen molar-refractivity contribution in [3.63, 3.8) is 0 Å². The van der Waals surface area contributed by atoms with Gasteiger partial charge in [0.05, 0.1) is 6.67 Å². The number of hydrogen-bond donors (Lipinski definition) is 1. The highest BCUT2D eigenvalue weighted by Gasteiger charge is 2.21. The highest BCUT2D eigenvalue weighted by molar-refractivity contribution is 5.62. The molecule has 1 N–H and O–H groups in total. The molecule has 2 heteroatoms. The normalized spacial score (nSPS) is 16.2. The zero-order valence-electron chi connectivity index (χ0n) is 11.5. The van der Waals surface area contributed by atoms with E-state index < -0.39 is 0 Å². The van der Waals surface area contributed by atoms with Crippen molar-refractivity contribution in [1.82, 2.24) is 5.32 Å². The third kappa shape index (κ3) is 2.47. The molecule has 0 unspecified atom stereocenters. The van der Waals surface area contributed by atoms with Gasteiger partial charge in [-0.25, -0.2) is 0 Å². The molecule has 94 valence electrons. The first kappa shape index (κ1) is 12.4. The van der Waals surface area contributed by atoms with E-state index in [9.17, 15) is 0 Å². The van der Waals surface area contributed by atoms with Crippen LogP contribution in [0.5, 0.6) is 0 Å². The average molecular weight is 232 g/mol. The molecule has 0 aromatic heterocycles. The Balaban J connectivity index is 2.49. The lowest BCUT2D eigenvalue weighted by Gasteiger charge is -2.27. The summed E-state index contributed by atoms with van der Waals surface area (Å²) < 4.78 is 0. The number of nitrogens with one attached hydrogen (secondary N) is 1. The predicted octanol–water partition coefficient (Wildman–Crippen LogP) is 3.30. The molecule has 0 radical (unpaired) electrons. The summed E-state index contributed by atoms with van der Waals surface area (Å²) in [6, 6.07) is 6.77. The van der Waals surface area contributed by atoms with Crippen molar-refractivity contribution in [2.45, 2.75) is 39.5 Å². The molecule has 0 saturated carbocycles. The van der Waals surface area contributed by atoms with Crippen molar-refractivity contribution in [3.8, 4) is 0 Å². The van der Waals surface area contributed by atoms with Gasteiger partial charge in [-0.2, -0.15) is 0 Å². The second-order valence-electron chi connectivity index (χ2n) is 5.52. The predicted molar refractivity (Wildman–Crippen MR) is 74.8 cm³/mol. The fraction of sp³-hybridized carbons (Fsp3) is 0.600. The van der Waals surface area contributed by atoms with Gasteiger partial charge in [-0.05, 0) is 23.0 Å². The summed E-state index contributed by atoms with van der Waals surface area (Å²) in [6.45, 7) is 12.4. The molecule has 1 aromatic carbocycles. The summed E-state index contributed by atoms with van der Waals surface area (Å²) >= 11 is 0. The van der Waals surface area contributed by atoms with Crippen LogP contribution in [0.2, 0.25) is 0 Å². The molecule has 1 saturated heterocycles. The van der Waals surface area contributed by atoms with Gasteiger partial charge in [0.15, 0.2) is 0 Å². The maximum absolute atomic E-state index is 3.43. The zero-order chi connectivity index (χ0) is 12.4. The van der Waals surface area contributed by atoms with Crippen LogP contribution in [0.25, 0.3) is 0 Å². The van der Waals surface area contributed by atoms with Crippen LogP contribution >= 0.6 is 0 Å². The SMILES string of the molecule is CC(C)c1cccc(C(C)C)c1N1CCNC1. The monoisotopic (exact) mass is 232 g/mol. The van der Waals surface area contributed by atoms with E-state index in [1.807, 2.05) is 0 Å². The summed E-state index contributed by atoms with van der Waals surface area (Å²) in [4.78, 5) is 2.49. The number of para-hydroxylation sites is 1. The average Bonchev–Trinajstić information content (AvgIpc) is 2.80. The fourth-order valence-corrected chi connectivity index (χ4v) is 2.57. The van der Waals surface area contributed by atoms with Crippen molar-refractivity contribution in [1.29, 1.82) is 0 Å². The third-order valence-corrected chi connectivity index (χ3v) is 3.52. The Morgan fingerprint density at radius 2 is 1.65 bits per heavy atom. The molecule has 17 heavy (non-hydrogen) atoms. The quantitative estimate of drug-likeness (QED) is 0.860. The van der Waals surface area contributed by atoms with Crippen LogP contribution in [-0.4, -0.2) is 19.8 Å². The van der Waals surface area contributed by atoms with Gasteiger partial charge >= 0.3 is 0 Å². The largest absolute Gasteiger partial charge is 0.357 e. The number of rotatable bonds is 3. The summed E-state index contributed by atoms with van der Waals surface area (Å²) in [7, 11) is 0. The van der Waals surface area contributed by atoms with E-state index >= 15 is 0 Å². The zero-order valence-corrected chi connectivity index (χ0v) is 11.5. The fourth-order valence-electron chi connectivity index (χ4n) is 2.57. The topological polar surface area (TPSA) is 15.3 Å². The summed E-state index contributed by atoms with van der Waals surface area (Å²) in [5, 5.41) is 3.43. The molecule has 0 amide bonds. The van der Waals surface area contributed by atoms with Gasteiger partial charge in [0.2, 0.25) is 0 Å². The van der Waals surface area contributed by atoms with Gasteiger partial charge in [0.1, 0.15) is 0 Å². The summed E-state index contributed by atoms with van der Waals surface area (Å²) in [6.07, 6.45) is 0. The van der Waals surface area contributed by atoms with E-state index in [0.29, 0.717) is 11.8 Å². The third-order valence-electron chi connectivity index (χ3n) is 3.52. The van der Waals surface area contributed by atoms with Crippen LogP contribution in [0.15, 0.2) is 18.2 Å². The second-order valence-corrected chi connectivity index (χ2v) is 5.52. The number of nitrogens with zero attached hydrogens (tertiary/aromatic N) is 1. The molecule has 0 atom stereocenters. The van der Waals surface area contributed by atoms with Crippen molar-refractivity contribution in [2.75, 3.05) is 24.7 Å². The molecule has 2 nitrogen and oxygen atoms in total. The molecule has 1 aliphatic rings. The Hall–Kier alpha value is -1.02. The number of anilines is 1. The molecule has 1 fully saturated rings. The molecule has 1 heterocycles. The lowest BCUT2D eigenvalue weighted by Crippen LogP contribution is -2.24. The smallest absolute Gasteiger partial charge is 0.0683 e. The molecule has 0 bridgehead atoms. The lowest BCUT2D eigenvalue weighted by atomic mass is 9.92. The maximum atomic E-state index is 3.43. The van der Waals surface area contributed by atoms with Crippen molar-refractivity contribution >= 4 is 5.69 Å². The highest BCUT2D eigenvalue weighted by Crippen LogP contribution is 2.35. The first-order valence-corrected chi connectivity index (χ1v) is 6.69. The van der Waals surface area contributed by atoms with E-state index in [0.717, 1.165) is 19.8 Å². The lowest BCUT2D eigenvalue weighted by molar-refractivity contribution is 0.799. The molecule has 0 spiro atoms. The molecular formula is C15H24N2. The summed E-state index contributed by atoms with van der Waals surface area (Å²) in [5.41, 5.74) is 4.45. The van der Waals surface area contributed by atoms with Gasteiger partial charge in [0.25, 0.3) is 0 Å². The van der Waals surface area contributed by atoms with E-state index in [4.69, 9.17) is 0 Å². The first-order valence-electron chi connectivity index (χ1n) is 6.69. The van der Waals surface area contributed by atoms with Crippen LogP contribution in [0, 0.1) is 0 Å². The minimum Gasteiger partial charge on any atom is -0.357 e. The van der Waals surface area contributed by atoms with Crippen molar-refractivity contribution in [2.24, 2.45) is 0 Å². The van der Waals surface area contributed by atoms with Crippen LogP contribution in [0.3, 0.4) is 0 Å². The van der Waals surface area contributed by atoms with Gasteiger partial charge in [-0.15, -0.1) is 0 Å². The Morgan fingerprint density at radius 3 is 2.06 bits per heavy atom. The minimum atomic E-state index is 0.587. The Bertz CT molecular complexity index is 350. The second kappa shape index (κ2) is 5.09. The van der Waals surface area contributed by atoms with Gasteiger partial charge in [-0.1, -0.05) is 45.9 Å². The molecular weight excluding hydrogens is 208 g/mol. The highest BCUT2D eigenvalue weighted by atomic mass is 15.3. The Kier molecular flexibility index (Phi) is 3.72. The van der Waals surface area contributed by atoms with Gasteiger partial charge in [-0.3, -0.25) is 5.32 Å². The minimum absolute atomic E-state index is 0.587. The molecule has 2 rings (SSSR count). The maximum Gasteiger partial charge on any atom is 0.0683 e. The van der Waals surface area contributed by atoms with E-state index in [1.54, 1.807) is 0 Å². The summed E-state index contributed by atoms with van der Waals surface area (Å²) in [5.74, 6) is 1.17. The first-order chi connectivity index (χ1) is 8.11.